The molecule has 2 aliphatic rings. The summed E-state index contributed by atoms with van der Waals surface area (Å²) >= 11 is 1.57. The molecule has 0 radical (unpaired) electrons. The summed E-state index contributed by atoms with van der Waals surface area (Å²) in [7, 11) is 1.70. The lowest BCUT2D eigenvalue weighted by Crippen LogP contribution is -2.52. The Morgan fingerprint density at radius 3 is 2.27 bits per heavy atom. The number of hydrogen-bond donors (Lipinski definition) is 0. The van der Waals surface area contributed by atoms with Gasteiger partial charge in [0.25, 0.3) is 0 Å². The number of cyclic esters (lactones) is 1. The maximum absolute atomic E-state index is 14.0. The molecule has 0 spiro atoms. The Labute approximate surface area is 245 Å². The molecule has 40 heavy (non-hydrogen) atoms. The SMILES string of the molecule is CCC1OC(=O)C(C)CC(C)CC(C)(OC)CC(C)C(=O)C(C)C2C(SCCCc3ccccc3)C(=O)OC12C. The van der Waals surface area contributed by atoms with Gasteiger partial charge in [0, 0.05) is 24.9 Å². The minimum absolute atomic E-state index is 0.104. The van der Waals surface area contributed by atoms with Crippen LogP contribution in [0.15, 0.2) is 30.3 Å². The second-order valence-corrected chi connectivity index (χ2v) is 14.0. The van der Waals surface area contributed by atoms with Crippen molar-refractivity contribution in [3.63, 3.8) is 0 Å². The number of fused-ring (bicyclic) bond motifs is 1. The van der Waals surface area contributed by atoms with Crippen molar-refractivity contribution in [2.75, 3.05) is 12.9 Å². The number of carbonyl (C=O) groups excluding carboxylic acids is 3. The van der Waals surface area contributed by atoms with Gasteiger partial charge in [-0.15, -0.1) is 11.8 Å². The average Bonchev–Trinajstić information content (AvgIpc) is 3.17. The van der Waals surface area contributed by atoms with Crippen LogP contribution in [0.25, 0.3) is 0 Å². The number of benzene rings is 1. The van der Waals surface area contributed by atoms with E-state index >= 15 is 0 Å². The van der Waals surface area contributed by atoms with Crippen molar-refractivity contribution in [3.8, 4) is 0 Å². The molecule has 1 aromatic carbocycles. The Morgan fingerprint density at radius 2 is 1.65 bits per heavy atom. The molecule has 2 aliphatic heterocycles. The van der Waals surface area contributed by atoms with Crippen LogP contribution in [0, 0.1) is 29.6 Å². The Bertz CT molecular complexity index is 1010. The molecular formula is C33H50O6S. The molecule has 0 saturated carbocycles. The van der Waals surface area contributed by atoms with E-state index in [0.717, 1.165) is 25.0 Å². The molecule has 0 N–H and O–H groups in total. The molecule has 9 atom stereocenters. The quantitative estimate of drug-likeness (QED) is 0.266. The van der Waals surface area contributed by atoms with Crippen LogP contribution in [0.5, 0.6) is 0 Å². The van der Waals surface area contributed by atoms with Crippen LogP contribution in [0.2, 0.25) is 0 Å². The summed E-state index contributed by atoms with van der Waals surface area (Å²) in [4.78, 5) is 40.8. The predicted molar refractivity (Wildman–Crippen MR) is 160 cm³/mol. The van der Waals surface area contributed by atoms with Crippen molar-refractivity contribution in [2.24, 2.45) is 29.6 Å². The van der Waals surface area contributed by atoms with Crippen molar-refractivity contribution >= 4 is 29.5 Å². The Hall–Kier alpha value is -1.86. The van der Waals surface area contributed by atoms with Gasteiger partial charge in [-0.05, 0) is 69.6 Å². The summed E-state index contributed by atoms with van der Waals surface area (Å²) in [5, 5.41) is -0.501. The van der Waals surface area contributed by atoms with Crippen LogP contribution in [0.4, 0.5) is 0 Å². The van der Waals surface area contributed by atoms with Gasteiger partial charge in [0.05, 0.1) is 11.5 Å². The molecule has 0 bridgehead atoms. The van der Waals surface area contributed by atoms with E-state index in [1.165, 1.54) is 5.56 Å². The van der Waals surface area contributed by atoms with Crippen molar-refractivity contribution in [3.05, 3.63) is 35.9 Å². The molecule has 6 nitrogen and oxygen atoms in total. The van der Waals surface area contributed by atoms with Crippen molar-refractivity contribution in [2.45, 2.75) is 110 Å². The molecule has 3 rings (SSSR count). The first-order valence-corrected chi connectivity index (χ1v) is 16.1. The van der Waals surface area contributed by atoms with E-state index in [1.807, 2.05) is 52.8 Å². The number of hydrogen-bond acceptors (Lipinski definition) is 7. The van der Waals surface area contributed by atoms with Crippen molar-refractivity contribution in [1.29, 1.82) is 0 Å². The van der Waals surface area contributed by atoms with Crippen LogP contribution in [0.1, 0.15) is 86.1 Å². The van der Waals surface area contributed by atoms with Gasteiger partial charge in [-0.2, -0.15) is 0 Å². The van der Waals surface area contributed by atoms with Gasteiger partial charge in [-0.1, -0.05) is 65.0 Å². The number of rotatable bonds is 7. The second kappa shape index (κ2) is 13.9. The summed E-state index contributed by atoms with van der Waals surface area (Å²) in [6, 6.07) is 10.3. The highest BCUT2D eigenvalue weighted by Crippen LogP contribution is 2.48. The molecule has 224 valence electrons. The number of methoxy groups -OCH3 is 1. The molecule has 2 heterocycles. The fourth-order valence-corrected chi connectivity index (χ4v) is 8.60. The van der Waals surface area contributed by atoms with Gasteiger partial charge in [-0.25, -0.2) is 0 Å². The minimum atomic E-state index is -1.09. The first kappa shape index (κ1) is 32.7. The highest BCUT2D eigenvalue weighted by molar-refractivity contribution is 8.00. The molecule has 0 aromatic heterocycles. The van der Waals surface area contributed by atoms with E-state index in [1.54, 1.807) is 18.9 Å². The maximum atomic E-state index is 14.0. The third kappa shape index (κ3) is 7.50. The molecule has 2 saturated heterocycles. The topological polar surface area (TPSA) is 78.9 Å². The molecule has 0 aliphatic carbocycles. The van der Waals surface area contributed by atoms with E-state index in [0.29, 0.717) is 19.3 Å². The van der Waals surface area contributed by atoms with E-state index in [9.17, 15) is 14.4 Å². The van der Waals surface area contributed by atoms with E-state index in [2.05, 4.69) is 26.0 Å². The van der Waals surface area contributed by atoms with Crippen LogP contribution in [-0.4, -0.2) is 53.1 Å². The minimum Gasteiger partial charge on any atom is -0.458 e. The summed E-state index contributed by atoms with van der Waals surface area (Å²) in [5.74, 6) is -0.934. The van der Waals surface area contributed by atoms with E-state index in [4.69, 9.17) is 14.2 Å². The average molecular weight is 575 g/mol. The lowest BCUT2D eigenvalue weighted by molar-refractivity contribution is -0.183. The zero-order chi connectivity index (χ0) is 29.7. The highest BCUT2D eigenvalue weighted by Gasteiger charge is 2.61. The Balaban J connectivity index is 1.93. The summed E-state index contributed by atoms with van der Waals surface area (Å²) in [5.41, 5.74) is -0.321. The zero-order valence-corrected chi connectivity index (χ0v) is 26.6. The Morgan fingerprint density at radius 1 is 0.975 bits per heavy atom. The fourth-order valence-electron chi connectivity index (χ4n) is 7.14. The second-order valence-electron chi connectivity index (χ2n) is 12.7. The largest absolute Gasteiger partial charge is 0.458 e. The normalized spacial score (nSPS) is 37.8. The monoisotopic (exact) mass is 574 g/mol. The molecule has 9 unspecified atom stereocenters. The smallest absolute Gasteiger partial charge is 0.320 e. The maximum Gasteiger partial charge on any atom is 0.320 e. The highest BCUT2D eigenvalue weighted by atomic mass is 32.2. The molecular weight excluding hydrogens is 524 g/mol. The lowest BCUT2D eigenvalue weighted by atomic mass is 9.70. The number of carbonyl (C=O) groups is 3. The first-order chi connectivity index (χ1) is 18.8. The summed E-state index contributed by atoms with van der Waals surface area (Å²) in [6.07, 6.45) is 3.69. The van der Waals surface area contributed by atoms with Crippen molar-refractivity contribution < 1.29 is 28.6 Å². The van der Waals surface area contributed by atoms with Gasteiger partial charge in [-0.3, -0.25) is 14.4 Å². The third-order valence-corrected chi connectivity index (χ3v) is 10.6. The molecule has 2 fully saturated rings. The zero-order valence-electron chi connectivity index (χ0n) is 25.7. The number of thioether (sulfide) groups is 1. The van der Waals surface area contributed by atoms with Gasteiger partial charge < -0.3 is 14.2 Å². The number of ether oxygens (including phenoxy) is 3. The molecule has 1 aromatic rings. The predicted octanol–water partition coefficient (Wildman–Crippen LogP) is 6.68. The molecule has 0 amide bonds. The lowest BCUT2D eigenvalue weighted by Gasteiger charge is -2.41. The number of ketones is 1. The fraction of sp³-hybridized carbons (Fsp3) is 0.727. The van der Waals surface area contributed by atoms with Crippen LogP contribution >= 0.6 is 11.8 Å². The van der Waals surface area contributed by atoms with Gasteiger partial charge >= 0.3 is 11.9 Å². The Kier molecular flexibility index (Phi) is 11.3. The third-order valence-electron chi connectivity index (χ3n) is 9.20. The summed E-state index contributed by atoms with van der Waals surface area (Å²) < 4.78 is 18.2. The number of esters is 2. The number of Topliss-reactive ketones (excluding diaryl/α,β-unsaturated/α-hetero) is 1. The van der Waals surface area contributed by atoms with Crippen LogP contribution < -0.4 is 0 Å². The molecule has 7 heteroatoms. The first-order valence-electron chi connectivity index (χ1n) is 15.0. The van der Waals surface area contributed by atoms with Gasteiger partial charge in [0.15, 0.2) is 5.60 Å². The van der Waals surface area contributed by atoms with Gasteiger partial charge in [0.1, 0.15) is 17.1 Å². The van der Waals surface area contributed by atoms with Gasteiger partial charge in [0.2, 0.25) is 0 Å². The van der Waals surface area contributed by atoms with E-state index < -0.39 is 34.4 Å². The standard InChI is InChI=1S/C33H50O6S/c1-9-26-33(7)27(29(31(36)39-33)40-17-13-16-25-14-11-10-12-15-25)24(5)28(34)23(4)20-32(6,37-8)19-21(2)18-22(3)30(35)38-26/h10-12,14-15,21-24,26-27,29H,9,13,16-20H2,1-8H3. The summed E-state index contributed by atoms with van der Waals surface area (Å²) in [6.45, 7) is 13.8. The van der Waals surface area contributed by atoms with Crippen molar-refractivity contribution in [1.82, 2.24) is 0 Å². The van der Waals surface area contributed by atoms with E-state index in [-0.39, 0.29) is 35.5 Å². The van der Waals surface area contributed by atoms with Crippen LogP contribution in [-0.2, 0) is 35.0 Å². The number of aryl methyl sites for hydroxylation is 1. The van der Waals surface area contributed by atoms with Crippen LogP contribution in [0.3, 0.4) is 0 Å².